The van der Waals surface area contributed by atoms with Crippen molar-refractivity contribution in [3.05, 3.63) is 29.3 Å². The van der Waals surface area contributed by atoms with Crippen molar-refractivity contribution in [3.63, 3.8) is 0 Å². The molecule has 0 spiro atoms. The Labute approximate surface area is 139 Å². The maximum Gasteiger partial charge on any atom is 0.534 e. The molecule has 1 atom stereocenters. The molecule has 0 N–H and O–H groups in total. The lowest BCUT2D eigenvalue weighted by molar-refractivity contribution is -0.145. The maximum atomic E-state index is 14.1. The lowest BCUT2D eigenvalue weighted by atomic mass is 10.1. The van der Waals surface area contributed by atoms with Gasteiger partial charge in [-0.15, -0.1) is 0 Å². The molecule has 142 valence electrons. The predicted molar refractivity (Wildman–Crippen MR) is 73.0 cm³/mol. The van der Waals surface area contributed by atoms with Crippen LogP contribution in [0.1, 0.15) is 25.5 Å². The highest BCUT2D eigenvalue weighted by Crippen LogP contribution is 2.31. The molecule has 12 heteroatoms. The highest BCUT2D eigenvalue weighted by molar-refractivity contribution is 7.88. The number of esters is 1. The van der Waals surface area contributed by atoms with Crippen LogP contribution in [0.5, 0.6) is 5.75 Å². The Balaban J connectivity index is 3.19. The molecule has 0 aromatic heterocycles. The van der Waals surface area contributed by atoms with Crippen molar-refractivity contribution in [1.29, 1.82) is 0 Å². The van der Waals surface area contributed by atoms with Gasteiger partial charge in [-0.1, -0.05) is 0 Å². The Hall–Kier alpha value is -1.95. The van der Waals surface area contributed by atoms with Gasteiger partial charge in [0, 0.05) is 25.7 Å². The van der Waals surface area contributed by atoms with Crippen molar-refractivity contribution in [1.82, 2.24) is 0 Å². The zero-order chi connectivity index (χ0) is 19.4. The third-order valence-electron chi connectivity index (χ3n) is 2.67. The van der Waals surface area contributed by atoms with E-state index in [1.54, 1.807) is 0 Å². The molecule has 0 radical (unpaired) electrons. The predicted octanol–water partition coefficient (Wildman–Crippen LogP) is 2.83. The smallest absolute Gasteiger partial charge is 0.463 e. The Kier molecular flexibility index (Phi) is 6.71. The van der Waals surface area contributed by atoms with Crippen LogP contribution in [-0.2, 0) is 24.4 Å². The molecule has 0 heterocycles. The van der Waals surface area contributed by atoms with Crippen molar-refractivity contribution < 1.29 is 48.8 Å². The SMILES string of the molecule is CCOC(COC(C)=O)c1c(F)cc(OS(=O)(=O)C(F)(F)F)cc1F. The lowest BCUT2D eigenvalue weighted by Crippen LogP contribution is -2.28. The number of hydrogen-bond acceptors (Lipinski definition) is 6. The Morgan fingerprint density at radius 1 is 1.20 bits per heavy atom. The van der Waals surface area contributed by atoms with Crippen LogP contribution in [0.3, 0.4) is 0 Å². The molecule has 0 aliphatic heterocycles. The molecular weight excluding hydrogens is 379 g/mol. The van der Waals surface area contributed by atoms with Crippen LogP contribution in [0.2, 0.25) is 0 Å². The molecule has 1 aromatic carbocycles. The summed E-state index contributed by atoms with van der Waals surface area (Å²) in [6, 6.07) is 0.503. The van der Waals surface area contributed by atoms with E-state index >= 15 is 0 Å². The molecule has 0 fully saturated rings. The van der Waals surface area contributed by atoms with E-state index in [0.717, 1.165) is 6.92 Å². The fraction of sp³-hybridized carbons (Fsp3) is 0.462. The summed E-state index contributed by atoms with van der Waals surface area (Å²) in [6.45, 7) is 1.96. The van der Waals surface area contributed by atoms with Crippen molar-refractivity contribution in [3.8, 4) is 5.75 Å². The first-order valence-corrected chi connectivity index (χ1v) is 8.04. The average Bonchev–Trinajstić information content (AvgIpc) is 2.42. The standard InChI is InChI=1S/C13H13F5O6S/c1-3-22-11(6-23-7(2)19)12-9(14)4-8(5-10(12)15)24-25(20,21)13(16,17)18/h4-5,11H,3,6H2,1-2H3. The van der Waals surface area contributed by atoms with Crippen LogP contribution >= 0.6 is 0 Å². The van der Waals surface area contributed by atoms with Crippen LogP contribution in [0, 0.1) is 11.6 Å². The van der Waals surface area contributed by atoms with E-state index in [1.165, 1.54) is 6.92 Å². The summed E-state index contributed by atoms with van der Waals surface area (Å²) in [7, 11) is -6.08. The van der Waals surface area contributed by atoms with Gasteiger partial charge in [-0.2, -0.15) is 21.6 Å². The van der Waals surface area contributed by atoms with E-state index in [2.05, 4.69) is 8.92 Å². The van der Waals surface area contributed by atoms with Crippen molar-refractivity contribution in [2.45, 2.75) is 25.5 Å². The van der Waals surface area contributed by atoms with Crippen LogP contribution in [0.25, 0.3) is 0 Å². The minimum Gasteiger partial charge on any atom is -0.463 e. The molecule has 0 amide bonds. The summed E-state index contributed by atoms with van der Waals surface area (Å²) in [5.41, 5.74) is -6.51. The zero-order valence-corrected chi connectivity index (χ0v) is 13.7. The Bertz CT molecular complexity index is 708. The van der Waals surface area contributed by atoms with Crippen LogP contribution < -0.4 is 4.18 Å². The van der Waals surface area contributed by atoms with Gasteiger partial charge < -0.3 is 13.7 Å². The quantitative estimate of drug-likeness (QED) is 0.307. The topological polar surface area (TPSA) is 78.9 Å². The molecule has 1 rings (SSSR count). The van der Waals surface area contributed by atoms with E-state index < -0.39 is 57.3 Å². The van der Waals surface area contributed by atoms with E-state index in [0.29, 0.717) is 0 Å². The number of alkyl halides is 3. The van der Waals surface area contributed by atoms with E-state index in [1.807, 2.05) is 0 Å². The largest absolute Gasteiger partial charge is 0.534 e. The normalized spacial score (nSPS) is 13.4. The number of benzene rings is 1. The molecule has 0 bridgehead atoms. The van der Waals surface area contributed by atoms with E-state index in [9.17, 15) is 35.2 Å². The average molecular weight is 392 g/mol. The molecule has 25 heavy (non-hydrogen) atoms. The summed E-state index contributed by atoms with van der Waals surface area (Å²) in [5, 5.41) is 0. The third-order valence-corrected chi connectivity index (χ3v) is 3.65. The zero-order valence-electron chi connectivity index (χ0n) is 12.9. The summed E-state index contributed by atoms with van der Waals surface area (Å²) in [5.74, 6) is -4.82. The minimum absolute atomic E-state index is 0.0223. The van der Waals surface area contributed by atoms with E-state index in [4.69, 9.17) is 4.74 Å². The number of carbonyl (C=O) groups excluding carboxylic acids is 1. The van der Waals surface area contributed by atoms with Crippen LogP contribution in [-0.4, -0.2) is 33.1 Å². The summed E-state index contributed by atoms with van der Waals surface area (Å²) in [6.07, 6.45) is -1.39. The van der Waals surface area contributed by atoms with Gasteiger partial charge >= 0.3 is 21.6 Å². The fourth-order valence-electron chi connectivity index (χ4n) is 1.70. The summed E-state index contributed by atoms with van der Waals surface area (Å²) < 4.78 is 99.9. The fourth-order valence-corrected chi connectivity index (χ4v) is 2.14. The molecular formula is C13H13F5O6S. The highest BCUT2D eigenvalue weighted by atomic mass is 32.2. The van der Waals surface area contributed by atoms with Gasteiger partial charge in [0.2, 0.25) is 0 Å². The van der Waals surface area contributed by atoms with Gasteiger partial charge in [-0.3, -0.25) is 4.79 Å². The first-order valence-electron chi connectivity index (χ1n) is 6.63. The second-order valence-electron chi connectivity index (χ2n) is 4.53. The summed E-state index contributed by atoms with van der Waals surface area (Å²) >= 11 is 0. The van der Waals surface area contributed by atoms with Crippen molar-refractivity contribution in [2.75, 3.05) is 13.2 Å². The first-order chi connectivity index (χ1) is 11.4. The van der Waals surface area contributed by atoms with Gasteiger partial charge in [0.15, 0.2) is 0 Å². The van der Waals surface area contributed by atoms with Gasteiger partial charge in [0.05, 0.1) is 5.56 Å². The maximum absolute atomic E-state index is 14.1. The third kappa shape index (κ3) is 5.53. The Morgan fingerprint density at radius 3 is 2.12 bits per heavy atom. The number of halogens is 5. The molecule has 0 saturated heterocycles. The monoisotopic (exact) mass is 392 g/mol. The number of rotatable bonds is 7. The van der Waals surface area contributed by atoms with Crippen LogP contribution in [0.4, 0.5) is 22.0 Å². The van der Waals surface area contributed by atoms with Crippen LogP contribution in [0.15, 0.2) is 12.1 Å². The molecule has 6 nitrogen and oxygen atoms in total. The highest BCUT2D eigenvalue weighted by Gasteiger charge is 2.48. The molecule has 1 aromatic rings. The number of carbonyl (C=O) groups is 1. The first kappa shape index (κ1) is 21.1. The van der Waals surface area contributed by atoms with Crippen molar-refractivity contribution in [2.24, 2.45) is 0 Å². The molecule has 0 aliphatic carbocycles. The van der Waals surface area contributed by atoms with Gasteiger partial charge in [0.25, 0.3) is 0 Å². The van der Waals surface area contributed by atoms with Gasteiger partial charge in [-0.25, -0.2) is 8.78 Å². The molecule has 0 aliphatic rings. The van der Waals surface area contributed by atoms with Gasteiger partial charge in [-0.05, 0) is 6.92 Å². The molecule has 0 saturated carbocycles. The van der Waals surface area contributed by atoms with E-state index in [-0.39, 0.29) is 18.7 Å². The summed E-state index contributed by atoms with van der Waals surface area (Å²) in [4.78, 5) is 10.8. The molecule has 1 unspecified atom stereocenters. The second kappa shape index (κ2) is 7.95. The van der Waals surface area contributed by atoms with Crippen molar-refractivity contribution >= 4 is 16.1 Å². The van der Waals surface area contributed by atoms with Gasteiger partial charge in [0.1, 0.15) is 30.1 Å². The minimum atomic E-state index is -6.08. The Morgan fingerprint density at radius 2 is 1.72 bits per heavy atom. The lowest BCUT2D eigenvalue weighted by Gasteiger charge is -2.19. The number of ether oxygens (including phenoxy) is 2. The number of hydrogen-bond donors (Lipinski definition) is 0. The second-order valence-corrected chi connectivity index (χ2v) is 6.07.